The zero-order chi connectivity index (χ0) is 22.0. The first-order chi connectivity index (χ1) is 15.6. The van der Waals surface area contributed by atoms with E-state index in [2.05, 4.69) is 46.2 Å². The molecule has 3 saturated heterocycles. The highest BCUT2D eigenvalue weighted by Gasteiger charge is 2.59. The summed E-state index contributed by atoms with van der Waals surface area (Å²) in [6.45, 7) is 6.74. The first-order valence-electron chi connectivity index (χ1n) is 12.3. The number of amides is 2. The molecule has 32 heavy (non-hydrogen) atoms. The fourth-order valence-corrected chi connectivity index (χ4v) is 5.67. The second-order valence-corrected chi connectivity index (χ2v) is 9.88. The number of ether oxygens (including phenoxy) is 1. The van der Waals surface area contributed by atoms with Gasteiger partial charge in [0, 0.05) is 58.3 Å². The van der Waals surface area contributed by atoms with Gasteiger partial charge >= 0.3 is 0 Å². The lowest BCUT2D eigenvalue weighted by Gasteiger charge is -2.36. The Hall–Kier alpha value is -2.18. The van der Waals surface area contributed by atoms with Crippen molar-refractivity contribution in [2.45, 2.75) is 38.2 Å². The summed E-state index contributed by atoms with van der Waals surface area (Å²) in [4.78, 5) is 32.2. The Balaban J connectivity index is 1.05. The van der Waals surface area contributed by atoms with Gasteiger partial charge in [-0.25, -0.2) is 0 Å². The maximum Gasteiger partial charge on any atom is 0.251 e. The van der Waals surface area contributed by atoms with Gasteiger partial charge < -0.3 is 14.5 Å². The Bertz CT molecular complexity index is 833. The third kappa shape index (κ3) is 4.62. The fourth-order valence-electron chi connectivity index (χ4n) is 5.67. The predicted octanol–water partition coefficient (Wildman–Crippen LogP) is 2.65. The fraction of sp³-hybridized carbons (Fsp3) is 0.615. The number of likely N-dealkylation sites (tertiary alicyclic amines) is 1. The number of carbonyl (C=O) groups is 2. The van der Waals surface area contributed by atoms with Crippen molar-refractivity contribution in [3.05, 3.63) is 42.0 Å². The first-order valence-corrected chi connectivity index (χ1v) is 12.3. The molecule has 4 fully saturated rings. The van der Waals surface area contributed by atoms with Crippen molar-refractivity contribution in [3.8, 4) is 0 Å². The van der Waals surface area contributed by atoms with Crippen molar-refractivity contribution in [2.24, 2.45) is 11.3 Å². The molecule has 0 bridgehead atoms. The molecule has 1 aromatic carbocycles. The molecule has 2 amide bonds. The van der Waals surface area contributed by atoms with Gasteiger partial charge in [0.2, 0.25) is 5.91 Å². The molecule has 1 aliphatic carbocycles. The SMILES string of the molecule is O=C([C@H]1CCCO1)N1CCC2(CC1)C[C@H]2C(=O)N1CCN(C/C=C/c2ccccc2)CC1. The van der Waals surface area contributed by atoms with E-state index in [4.69, 9.17) is 4.74 Å². The number of nitrogens with zero attached hydrogens (tertiary/aromatic N) is 3. The van der Waals surface area contributed by atoms with Crippen LogP contribution in [0.1, 0.15) is 37.7 Å². The van der Waals surface area contributed by atoms with Crippen LogP contribution in [0.3, 0.4) is 0 Å². The summed E-state index contributed by atoms with van der Waals surface area (Å²) in [6, 6.07) is 10.4. The summed E-state index contributed by atoms with van der Waals surface area (Å²) < 4.78 is 5.57. The Morgan fingerprint density at radius 1 is 0.969 bits per heavy atom. The van der Waals surface area contributed by atoms with Gasteiger partial charge in [-0.1, -0.05) is 42.5 Å². The topological polar surface area (TPSA) is 53.1 Å². The molecule has 1 spiro atoms. The average Bonchev–Trinajstić information content (AvgIpc) is 3.26. The van der Waals surface area contributed by atoms with Gasteiger partial charge in [-0.05, 0) is 43.1 Å². The lowest BCUT2D eigenvalue weighted by molar-refractivity contribution is -0.142. The highest BCUT2D eigenvalue weighted by molar-refractivity contribution is 5.83. The Labute approximate surface area is 191 Å². The number of hydrogen-bond donors (Lipinski definition) is 0. The number of rotatable bonds is 5. The highest BCUT2D eigenvalue weighted by atomic mass is 16.5. The molecule has 6 nitrogen and oxygen atoms in total. The second kappa shape index (κ2) is 9.36. The molecule has 0 aromatic heterocycles. The molecule has 5 rings (SSSR count). The molecule has 3 heterocycles. The van der Waals surface area contributed by atoms with Crippen molar-refractivity contribution in [2.75, 3.05) is 52.4 Å². The lowest BCUT2D eigenvalue weighted by Crippen LogP contribution is -2.50. The summed E-state index contributed by atoms with van der Waals surface area (Å²) in [5.41, 5.74) is 1.38. The van der Waals surface area contributed by atoms with Gasteiger partial charge in [0.05, 0.1) is 0 Å². The molecule has 4 aliphatic rings. The quantitative estimate of drug-likeness (QED) is 0.711. The van der Waals surface area contributed by atoms with Gasteiger partial charge in [0.25, 0.3) is 5.91 Å². The van der Waals surface area contributed by atoms with Crippen LogP contribution in [-0.2, 0) is 14.3 Å². The standard InChI is InChI=1S/C26H35N3O3/c30-24(29-17-15-27(16-18-29)12-4-8-21-6-2-1-3-7-21)22-20-26(22)10-13-28(14-11-26)25(31)23-9-5-19-32-23/h1-4,6-8,22-23H,5,9-20H2/b8-4+/t22-,23+/m0/s1. The first kappa shape index (κ1) is 21.7. The van der Waals surface area contributed by atoms with E-state index < -0.39 is 0 Å². The van der Waals surface area contributed by atoms with E-state index in [0.29, 0.717) is 12.5 Å². The molecule has 1 aromatic rings. The summed E-state index contributed by atoms with van der Waals surface area (Å²) in [6.07, 6.45) is 8.94. The van der Waals surface area contributed by atoms with Crippen LogP contribution >= 0.6 is 0 Å². The molecule has 0 N–H and O–H groups in total. The lowest BCUT2D eigenvalue weighted by atomic mass is 9.90. The maximum absolute atomic E-state index is 13.2. The minimum atomic E-state index is -0.223. The van der Waals surface area contributed by atoms with E-state index in [1.54, 1.807) is 0 Å². The van der Waals surface area contributed by atoms with Crippen molar-refractivity contribution in [3.63, 3.8) is 0 Å². The normalized spacial score (nSPS) is 27.9. The van der Waals surface area contributed by atoms with Crippen LogP contribution in [0, 0.1) is 11.3 Å². The Morgan fingerprint density at radius 2 is 1.69 bits per heavy atom. The van der Waals surface area contributed by atoms with Crippen molar-refractivity contribution >= 4 is 17.9 Å². The van der Waals surface area contributed by atoms with E-state index in [-0.39, 0.29) is 23.3 Å². The summed E-state index contributed by atoms with van der Waals surface area (Å²) in [5, 5.41) is 0. The van der Waals surface area contributed by atoms with Gasteiger partial charge in [0.1, 0.15) is 6.10 Å². The van der Waals surface area contributed by atoms with Crippen LogP contribution in [0.25, 0.3) is 6.08 Å². The van der Waals surface area contributed by atoms with Crippen LogP contribution in [0.15, 0.2) is 36.4 Å². The molecule has 172 valence electrons. The van der Waals surface area contributed by atoms with E-state index in [1.165, 1.54) is 5.56 Å². The summed E-state index contributed by atoms with van der Waals surface area (Å²) in [5.74, 6) is 0.689. The predicted molar refractivity (Wildman–Crippen MR) is 124 cm³/mol. The van der Waals surface area contributed by atoms with Crippen LogP contribution in [0.4, 0.5) is 0 Å². The van der Waals surface area contributed by atoms with E-state index in [9.17, 15) is 9.59 Å². The van der Waals surface area contributed by atoms with E-state index in [0.717, 1.165) is 77.9 Å². The monoisotopic (exact) mass is 437 g/mol. The largest absolute Gasteiger partial charge is 0.368 e. The van der Waals surface area contributed by atoms with Crippen LogP contribution in [0.5, 0.6) is 0 Å². The zero-order valence-electron chi connectivity index (χ0n) is 19.0. The van der Waals surface area contributed by atoms with Crippen molar-refractivity contribution < 1.29 is 14.3 Å². The molecule has 3 aliphatic heterocycles. The smallest absolute Gasteiger partial charge is 0.251 e. The van der Waals surface area contributed by atoms with Gasteiger partial charge in [-0.15, -0.1) is 0 Å². The minimum absolute atomic E-state index is 0.153. The zero-order valence-corrected chi connectivity index (χ0v) is 19.0. The van der Waals surface area contributed by atoms with E-state index >= 15 is 0 Å². The number of carbonyl (C=O) groups excluding carboxylic acids is 2. The van der Waals surface area contributed by atoms with Gasteiger partial charge in [-0.2, -0.15) is 0 Å². The molecule has 2 atom stereocenters. The number of hydrogen-bond acceptors (Lipinski definition) is 4. The van der Waals surface area contributed by atoms with E-state index in [1.807, 2.05) is 11.0 Å². The van der Waals surface area contributed by atoms with Crippen LogP contribution in [0.2, 0.25) is 0 Å². The maximum atomic E-state index is 13.2. The summed E-state index contributed by atoms with van der Waals surface area (Å²) in [7, 11) is 0. The average molecular weight is 438 g/mol. The van der Waals surface area contributed by atoms with Gasteiger partial charge in [0.15, 0.2) is 0 Å². The number of piperazine rings is 1. The third-order valence-corrected chi connectivity index (χ3v) is 7.92. The molecule has 1 saturated carbocycles. The number of piperidine rings is 1. The van der Waals surface area contributed by atoms with Crippen molar-refractivity contribution in [1.29, 1.82) is 0 Å². The Morgan fingerprint density at radius 3 is 2.38 bits per heavy atom. The molecule has 6 heteroatoms. The molecule has 0 unspecified atom stereocenters. The van der Waals surface area contributed by atoms with Crippen molar-refractivity contribution in [1.82, 2.24) is 14.7 Å². The third-order valence-electron chi connectivity index (χ3n) is 7.92. The minimum Gasteiger partial charge on any atom is -0.368 e. The molecular weight excluding hydrogens is 402 g/mol. The highest BCUT2D eigenvalue weighted by Crippen LogP contribution is 2.60. The summed E-state index contributed by atoms with van der Waals surface area (Å²) >= 11 is 0. The second-order valence-electron chi connectivity index (χ2n) is 9.88. The van der Waals surface area contributed by atoms with Gasteiger partial charge in [-0.3, -0.25) is 14.5 Å². The number of benzene rings is 1. The Kier molecular flexibility index (Phi) is 6.33. The van der Waals surface area contributed by atoms with Crippen LogP contribution < -0.4 is 0 Å². The van der Waals surface area contributed by atoms with Crippen LogP contribution in [-0.4, -0.2) is 85.0 Å². The molecular formula is C26H35N3O3. The molecule has 0 radical (unpaired) electrons.